The summed E-state index contributed by atoms with van der Waals surface area (Å²) in [7, 11) is 0. The molecule has 0 bridgehead atoms. The van der Waals surface area contributed by atoms with Crippen molar-refractivity contribution in [1.29, 1.82) is 0 Å². The molecule has 1 N–H and O–H groups in total. The van der Waals surface area contributed by atoms with Gasteiger partial charge in [-0.25, -0.2) is 11.3 Å². The number of para-hydroxylation sites is 1. The predicted molar refractivity (Wildman–Crippen MR) is 156 cm³/mol. The Morgan fingerprint density at radius 2 is 1.61 bits per heavy atom. The molecule has 201 valence electrons. The SMILES string of the molecule is CCC(CC)C(=O)/C=C(\O)C(CC)CC.[Ir].[c-]1c(-c2ncc3ccc4ccccc4n23)sc2ccccc12. The summed E-state index contributed by atoms with van der Waals surface area (Å²) >= 11 is 1.74. The van der Waals surface area contributed by atoms with Crippen LogP contribution in [0.3, 0.4) is 0 Å². The number of pyridine rings is 1. The number of ketones is 1. The average Bonchev–Trinajstić information content (AvgIpc) is 3.55. The molecule has 0 aliphatic heterocycles. The number of rotatable bonds is 8. The third-order valence-electron chi connectivity index (χ3n) is 7.03. The van der Waals surface area contributed by atoms with Gasteiger partial charge in [0.2, 0.25) is 0 Å². The fraction of sp³-hybridized carbons (Fsp3) is 0.312. The zero-order chi connectivity index (χ0) is 26.4. The monoisotopic (exact) mass is 704 g/mol. The Morgan fingerprint density at radius 1 is 0.947 bits per heavy atom. The second-order valence-corrected chi connectivity index (χ2v) is 10.3. The first-order valence-electron chi connectivity index (χ1n) is 13.2. The summed E-state index contributed by atoms with van der Waals surface area (Å²) in [6, 6.07) is 24.5. The number of aromatic nitrogens is 2. The van der Waals surface area contributed by atoms with Crippen LogP contribution < -0.4 is 0 Å². The van der Waals surface area contributed by atoms with E-state index >= 15 is 0 Å². The van der Waals surface area contributed by atoms with Crippen LogP contribution in [0.5, 0.6) is 0 Å². The number of fused-ring (bicyclic) bond motifs is 4. The number of carbonyl (C=O) groups excluding carboxylic acids is 1. The Morgan fingerprint density at radius 3 is 2.29 bits per heavy atom. The molecule has 2 aromatic carbocycles. The van der Waals surface area contributed by atoms with Crippen molar-refractivity contribution in [3.8, 4) is 10.7 Å². The molecule has 5 rings (SSSR count). The van der Waals surface area contributed by atoms with Gasteiger partial charge >= 0.3 is 0 Å². The van der Waals surface area contributed by atoms with Crippen LogP contribution in [0.15, 0.2) is 78.7 Å². The first-order chi connectivity index (χ1) is 18.0. The number of aliphatic hydroxyl groups is 1. The van der Waals surface area contributed by atoms with E-state index in [4.69, 9.17) is 0 Å². The summed E-state index contributed by atoms with van der Waals surface area (Å²) in [5.41, 5.74) is 2.29. The van der Waals surface area contributed by atoms with E-state index in [0.29, 0.717) is 0 Å². The van der Waals surface area contributed by atoms with Crippen LogP contribution in [-0.4, -0.2) is 20.3 Å². The minimum absolute atomic E-state index is 0. The van der Waals surface area contributed by atoms with Gasteiger partial charge in [-0.15, -0.1) is 23.6 Å². The van der Waals surface area contributed by atoms with Crippen molar-refractivity contribution in [1.82, 2.24) is 9.38 Å². The fourth-order valence-corrected chi connectivity index (χ4v) is 5.69. The maximum Gasteiger partial charge on any atom is 0.162 e. The van der Waals surface area contributed by atoms with E-state index in [1.165, 1.54) is 21.7 Å². The zero-order valence-electron chi connectivity index (χ0n) is 22.4. The molecule has 3 heterocycles. The number of thiophene rings is 1. The van der Waals surface area contributed by atoms with Crippen molar-refractivity contribution < 1.29 is 30.0 Å². The molecule has 0 saturated carbocycles. The quantitative estimate of drug-likeness (QED) is 0.0998. The van der Waals surface area contributed by atoms with Gasteiger partial charge in [0, 0.05) is 49.7 Å². The molecule has 5 aromatic rings. The number of hydrogen-bond acceptors (Lipinski definition) is 4. The molecule has 0 unspecified atom stereocenters. The first kappa shape index (κ1) is 29.8. The molecule has 38 heavy (non-hydrogen) atoms. The number of allylic oxidation sites excluding steroid dienone is 2. The van der Waals surface area contributed by atoms with E-state index in [1.54, 1.807) is 11.3 Å². The Balaban J connectivity index is 0.000000223. The number of hydrogen-bond donors (Lipinski definition) is 1. The molecule has 3 aromatic heterocycles. The van der Waals surface area contributed by atoms with Crippen molar-refractivity contribution in [2.75, 3.05) is 0 Å². The van der Waals surface area contributed by atoms with E-state index < -0.39 is 0 Å². The van der Waals surface area contributed by atoms with E-state index in [9.17, 15) is 9.90 Å². The van der Waals surface area contributed by atoms with E-state index in [2.05, 4.69) is 76.1 Å². The Labute approximate surface area is 242 Å². The van der Waals surface area contributed by atoms with Crippen LogP contribution in [-0.2, 0) is 24.9 Å². The van der Waals surface area contributed by atoms with Gasteiger partial charge in [0.25, 0.3) is 0 Å². The third-order valence-corrected chi connectivity index (χ3v) is 8.10. The second-order valence-electron chi connectivity index (χ2n) is 9.28. The molecule has 0 aliphatic carbocycles. The number of carbonyl (C=O) groups is 1. The molecule has 0 spiro atoms. The summed E-state index contributed by atoms with van der Waals surface area (Å²) in [6.45, 7) is 8.07. The topological polar surface area (TPSA) is 54.6 Å². The van der Waals surface area contributed by atoms with Crippen LogP contribution >= 0.6 is 11.3 Å². The molecule has 0 saturated heterocycles. The van der Waals surface area contributed by atoms with Crippen molar-refractivity contribution >= 4 is 43.6 Å². The molecular weight excluding hydrogens is 669 g/mol. The van der Waals surface area contributed by atoms with Crippen molar-refractivity contribution in [2.45, 2.75) is 53.4 Å². The average molecular weight is 704 g/mol. The summed E-state index contributed by atoms with van der Waals surface area (Å²) < 4.78 is 3.46. The number of aliphatic hydroxyl groups excluding tert-OH is 1. The van der Waals surface area contributed by atoms with Crippen molar-refractivity contribution in [2.24, 2.45) is 11.8 Å². The van der Waals surface area contributed by atoms with Gasteiger partial charge in [0.15, 0.2) is 5.78 Å². The van der Waals surface area contributed by atoms with Gasteiger partial charge in [0.1, 0.15) is 0 Å². The van der Waals surface area contributed by atoms with E-state index in [-0.39, 0.29) is 43.5 Å². The van der Waals surface area contributed by atoms with Crippen LogP contribution in [0.25, 0.3) is 37.2 Å². The van der Waals surface area contributed by atoms with Crippen LogP contribution in [0.2, 0.25) is 0 Å². The van der Waals surface area contributed by atoms with Gasteiger partial charge in [0.05, 0.1) is 17.1 Å². The van der Waals surface area contributed by atoms with Gasteiger partial charge in [-0.3, -0.25) is 9.78 Å². The molecule has 4 nitrogen and oxygen atoms in total. The largest absolute Gasteiger partial charge is 0.512 e. The Kier molecular flexibility index (Phi) is 10.8. The van der Waals surface area contributed by atoms with E-state index in [1.807, 2.05) is 33.9 Å². The van der Waals surface area contributed by atoms with Crippen LogP contribution in [0.1, 0.15) is 53.4 Å². The summed E-state index contributed by atoms with van der Waals surface area (Å²) in [5, 5.41) is 12.1. The Hall–Kier alpha value is -2.79. The summed E-state index contributed by atoms with van der Waals surface area (Å²) in [4.78, 5) is 17.4. The van der Waals surface area contributed by atoms with Crippen LogP contribution in [0.4, 0.5) is 0 Å². The normalized spacial score (nSPS) is 11.7. The molecule has 0 amide bonds. The number of benzene rings is 2. The molecule has 6 heteroatoms. The minimum atomic E-state index is 0. The molecular formula is C32H35IrN2O2S-. The smallest absolute Gasteiger partial charge is 0.162 e. The molecule has 1 radical (unpaired) electrons. The third kappa shape index (κ3) is 6.43. The second kappa shape index (κ2) is 13.8. The minimum Gasteiger partial charge on any atom is -0.512 e. The molecule has 0 fully saturated rings. The number of imidazole rings is 1. The van der Waals surface area contributed by atoms with Gasteiger partial charge in [-0.05, 0) is 52.8 Å². The Bertz CT molecular complexity index is 1490. The predicted octanol–water partition coefficient (Wildman–Crippen LogP) is 9.04. The zero-order valence-corrected chi connectivity index (χ0v) is 25.6. The standard InChI is InChI=1S/C19H11N2S.C13H24O2.Ir/c1-3-7-16-13(5-1)9-10-15-12-20-19(21(15)16)18-11-14-6-2-4-8-17(14)22-18;1-5-10(6-2)12(14)9-13(15)11(7-3)8-4;/h1-10,12H;9-11,14H,5-8H2,1-4H3;/q-1;;/b;12-9-;. The summed E-state index contributed by atoms with van der Waals surface area (Å²) in [5.74, 6) is 1.51. The first-order valence-corrected chi connectivity index (χ1v) is 14.0. The molecule has 0 aliphatic rings. The van der Waals surface area contributed by atoms with Gasteiger partial charge in [-0.1, -0.05) is 64.1 Å². The van der Waals surface area contributed by atoms with Gasteiger partial charge in [-0.2, -0.15) is 0 Å². The van der Waals surface area contributed by atoms with Crippen molar-refractivity contribution in [3.05, 3.63) is 84.8 Å². The maximum absolute atomic E-state index is 11.7. The molecule has 0 atom stereocenters. The summed E-state index contributed by atoms with van der Waals surface area (Å²) in [6.07, 6.45) is 6.84. The number of nitrogens with zero attached hydrogens (tertiary/aromatic N) is 2. The van der Waals surface area contributed by atoms with Gasteiger partial charge < -0.3 is 9.51 Å². The van der Waals surface area contributed by atoms with Crippen LogP contribution in [0, 0.1) is 17.9 Å². The fourth-order valence-electron chi connectivity index (χ4n) is 4.70. The maximum atomic E-state index is 11.7. The van der Waals surface area contributed by atoms with Crippen molar-refractivity contribution in [3.63, 3.8) is 0 Å². The van der Waals surface area contributed by atoms with E-state index in [0.717, 1.165) is 47.3 Å².